The summed E-state index contributed by atoms with van der Waals surface area (Å²) in [5.41, 5.74) is 1.76. The van der Waals surface area contributed by atoms with Gasteiger partial charge in [0.15, 0.2) is 5.06 Å². The minimum absolute atomic E-state index is 0.200. The number of halogens is 5. The Morgan fingerprint density at radius 3 is 2.14 bits per heavy atom. The van der Waals surface area contributed by atoms with Crippen LogP contribution in [0.4, 0.5) is 22.0 Å². The van der Waals surface area contributed by atoms with Crippen LogP contribution in [0.2, 0.25) is 0 Å². The molecule has 1 unspecified atom stereocenters. The average molecular weight is 629 g/mol. The van der Waals surface area contributed by atoms with Gasteiger partial charge < -0.3 is 23.9 Å². The van der Waals surface area contributed by atoms with Crippen LogP contribution in [0.3, 0.4) is 0 Å². The smallest absolute Gasteiger partial charge is 0.453 e. The van der Waals surface area contributed by atoms with Gasteiger partial charge in [0.05, 0.1) is 13.7 Å². The van der Waals surface area contributed by atoms with Gasteiger partial charge in [-0.05, 0) is 79.4 Å². The van der Waals surface area contributed by atoms with Crippen molar-refractivity contribution >= 4 is 32.6 Å². The van der Waals surface area contributed by atoms with E-state index >= 15 is 0 Å². The lowest BCUT2D eigenvalue weighted by atomic mass is 10.0. The summed E-state index contributed by atoms with van der Waals surface area (Å²) in [5, 5.41) is 11.0. The Kier molecular flexibility index (Phi) is 10.4. The first-order valence-electron chi connectivity index (χ1n) is 13.1. The van der Waals surface area contributed by atoms with Crippen LogP contribution in [0.25, 0.3) is 21.2 Å². The van der Waals surface area contributed by atoms with Crippen LogP contribution < -0.4 is 14.2 Å². The molecule has 0 radical (unpaired) electrons. The molecule has 226 valence electrons. The van der Waals surface area contributed by atoms with E-state index in [2.05, 4.69) is 0 Å². The van der Waals surface area contributed by atoms with Gasteiger partial charge in [0, 0.05) is 22.1 Å². The number of unbranched alkanes of at least 4 members (excludes halogenated alkanes) is 1. The first-order chi connectivity index (χ1) is 19.9. The molecule has 5 nitrogen and oxygen atoms in total. The molecule has 42 heavy (non-hydrogen) atoms. The summed E-state index contributed by atoms with van der Waals surface area (Å²) in [7, 11) is 1.60. The van der Waals surface area contributed by atoms with Crippen molar-refractivity contribution in [1.82, 2.24) is 0 Å². The van der Waals surface area contributed by atoms with Gasteiger partial charge >= 0.3 is 12.1 Å². The molecule has 0 saturated carbocycles. The van der Waals surface area contributed by atoms with Gasteiger partial charge in [0.2, 0.25) is 0 Å². The van der Waals surface area contributed by atoms with Crippen LogP contribution in [0.1, 0.15) is 25.7 Å². The molecule has 12 heteroatoms. The molecule has 0 bridgehead atoms. The van der Waals surface area contributed by atoms with Gasteiger partial charge in [-0.15, -0.1) is 0 Å². The minimum atomic E-state index is -5.58. The van der Waals surface area contributed by atoms with E-state index in [0.717, 1.165) is 27.0 Å². The van der Waals surface area contributed by atoms with Gasteiger partial charge in [0.25, 0.3) is 0 Å². The molecule has 0 aliphatic heterocycles. The maximum absolute atomic E-state index is 12.9. The van der Waals surface area contributed by atoms with Crippen molar-refractivity contribution in [3.05, 3.63) is 66.7 Å². The minimum Gasteiger partial charge on any atom is -0.616 e. The highest BCUT2D eigenvalue weighted by molar-refractivity contribution is 7.91. The zero-order valence-corrected chi connectivity index (χ0v) is 24.2. The van der Waals surface area contributed by atoms with Crippen molar-refractivity contribution in [2.45, 2.75) is 37.8 Å². The zero-order chi connectivity index (χ0) is 30.3. The third kappa shape index (κ3) is 8.42. The Labute approximate surface area is 247 Å². The van der Waals surface area contributed by atoms with E-state index in [9.17, 15) is 31.6 Å². The topological polar surface area (TPSA) is 71.0 Å². The lowest BCUT2D eigenvalue weighted by molar-refractivity contribution is -0.284. The third-order valence-corrected chi connectivity index (χ3v) is 8.76. The second-order valence-corrected chi connectivity index (χ2v) is 12.2. The molecular weight excluding hydrogens is 599 g/mol. The number of benzene rings is 3. The Balaban J connectivity index is 1.27. The molecule has 1 N–H and O–H groups in total. The predicted molar refractivity (Wildman–Crippen MR) is 155 cm³/mol. The summed E-state index contributed by atoms with van der Waals surface area (Å²) in [4.78, 5) is 0. The van der Waals surface area contributed by atoms with Crippen molar-refractivity contribution in [3.8, 4) is 39.2 Å². The van der Waals surface area contributed by atoms with E-state index < -0.39 is 36.1 Å². The van der Waals surface area contributed by atoms with E-state index in [4.69, 9.17) is 14.2 Å². The highest BCUT2D eigenvalue weighted by atomic mass is 32.2. The molecule has 0 aliphatic carbocycles. The van der Waals surface area contributed by atoms with Crippen LogP contribution in [-0.2, 0) is 11.2 Å². The molecule has 0 amide bonds. The SMILES string of the molecule is COc1ccc(-c2cc3sc(O)cc3cc2Oc2ccc(OCCCC[S+]([O-])CCCC(F)(F)C(F)(F)F)cc2)cc1. The summed E-state index contributed by atoms with van der Waals surface area (Å²) >= 11 is -0.190. The molecule has 4 rings (SSSR count). The molecule has 4 aromatic rings. The molecule has 3 aromatic carbocycles. The molecule has 0 saturated heterocycles. The fourth-order valence-corrected chi connectivity index (χ4v) is 6.14. The summed E-state index contributed by atoms with van der Waals surface area (Å²) in [6.45, 7) is 0.323. The monoisotopic (exact) mass is 628 g/mol. The molecule has 0 spiro atoms. The maximum atomic E-state index is 12.9. The number of hydrogen-bond acceptors (Lipinski definition) is 6. The number of fused-ring (bicyclic) bond motifs is 1. The number of ether oxygens (including phenoxy) is 3. The number of rotatable bonds is 14. The molecule has 0 aliphatic rings. The van der Waals surface area contributed by atoms with Crippen molar-refractivity contribution < 1.29 is 45.8 Å². The van der Waals surface area contributed by atoms with E-state index in [1.807, 2.05) is 36.4 Å². The van der Waals surface area contributed by atoms with Gasteiger partial charge in [0.1, 0.15) is 34.5 Å². The highest BCUT2D eigenvalue weighted by Crippen LogP contribution is 2.42. The molecule has 0 fully saturated rings. The lowest BCUT2D eigenvalue weighted by Gasteiger charge is -2.19. The van der Waals surface area contributed by atoms with Crippen LogP contribution >= 0.6 is 11.3 Å². The first kappa shape index (κ1) is 31.7. The van der Waals surface area contributed by atoms with Crippen LogP contribution in [0.15, 0.2) is 66.7 Å². The number of thiophene rings is 1. The standard InChI is InChI=1S/C30H29F5O5S2/c1-38-22-7-5-20(6-8-22)25-19-27-21(18-28(36)41-27)17-26(25)40-24-11-9-23(10-12-24)39-14-2-3-15-42(37)16-4-13-29(31,32)30(33,34)35/h5-12,17-19,36H,2-4,13-16H2,1H3. The Hall–Kier alpha value is -3.22. The first-order valence-corrected chi connectivity index (χ1v) is 15.4. The second-order valence-electron chi connectivity index (χ2n) is 9.48. The zero-order valence-electron chi connectivity index (χ0n) is 22.6. The molecule has 1 heterocycles. The number of alkyl halides is 5. The van der Waals surface area contributed by atoms with Gasteiger partial charge in [-0.3, -0.25) is 0 Å². The Morgan fingerprint density at radius 1 is 0.833 bits per heavy atom. The van der Waals surface area contributed by atoms with Crippen LogP contribution in [0.5, 0.6) is 28.1 Å². The van der Waals surface area contributed by atoms with E-state index in [0.29, 0.717) is 36.7 Å². The van der Waals surface area contributed by atoms with Gasteiger partial charge in [-0.25, -0.2) is 0 Å². The fraction of sp³-hybridized carbons (Fsp3) is 0.333. The van der Waals surface area contributed by atoms with Gasteiger partial charge in [-0.1, -0.05) is 34.6 Å². The normalized spacial score (nSPS) is 12.8. The highest BCUT2D eigenvalue weighted by Gasteiger charge is 2.56. The fourth-order valence-electron chi connectivity index (χ4n) is 4.12. The summed E-state index contributed by atoms with van der Waals surface area (Å²) < 4.78 is 92.5. The van der Waals surface area contributed by atoms with Gasteiger partial charge in [-0.2, -0.15) is 22.0 Å². The molecular formula is C30H29F5O5S2. The van der Waals surface area contributed by atoms with Crippen molar-refractivity contribution in [2.24, 2.45) is 0 Å². The van der Waals surface area contributed by atoms with E-state index in [-0.39, 0.29) is 16.6 Å². The summed E-state index contributed by atoms with van der Waals surface area (Å²) in [6.07, 6.45) is -6.38. The number of aromatic hydroxyl groups is 1. The van der Waals surface area contributed by atoms with E-state index in [1.54, 1.807) is 37.4 Å². The summed E-state index contributed by atoms with van der Waals surface area (Å²) in [5.74, 6) is -2.26. The van der Waals surface area contributed by atoms with Crippen LogP contribution in [0, 0.1) is 0 Å². The third-order valence-electron chi connectivity index (χ3n) is 6.37. The molecule has 1 atom stereocenters. The van der Waals surface area contributed by atoms with Crippen LogP contribution in [-0.4, -0.2) is 47.0 Å². The number of hydrogen-bond donors (Lipinski definition) is 1. The Bertz CT molecular complexity index is 1440. The maximum Gasteiger partial charge on any atom is 0.453 e. The van der Waals surface area contributed by atoms with Crippen molar-refractivity contribution in [2.75, 3.05) is 25.2 Å². The van der Waals surface area contributed by atoms with E-state index in [1.165, 1.54) is 11.3 Å². The quantitative estimate of drug-likeness (QED) is 0.0858. The summed E-state index contributed by atoms with van der Waals surface area (Å²) in [6, 6.07) is 20.1. The van der Waals surface area contributed by atoms with Crippen molar-refractivity contribution in [3.63, 3.8) is 0 Å². The largest absolute Gasteiger partial charge is 0.616 e. The average Bonchev–Trinajstić information content (AvgIpc) is 3.31. The number of methoxy groups -OCH3 is 1. The lowest BCUT2D eigenvalue weighted by Crippen LogP contribution is -2.36. The second kappa shape index (κ2) is 13.8. The molecule has 1 aromatic heterocycles. The Morgan fingerprint density at radius 2 is 1.48 bits per heavy atom. The predicted octanol–water partition coefficient (Wildman–Crippen LogP) is 8.96. The van der Waals surface area contributed by atoms with Crippen molar-refractivity contribution in [1.29, 1.82) is 0 Å².